The minimum Gasteiger partial charge on any atom is -0.374 e. The molecular formula is C48H80N2O. The zero-order valence-electron chi connectivity index (χ0n) is 33.0. The molecule has 10 fully saturated rings. The molecule has 2 saturated heterocycles. The van der Waals surface area contributed by atoms with Gasteiger partial charge in [-0.3, -0.25) is 10.6 Å². The van der Waals surface area contributed by atoms with Gasteiger partial charge in [-0.05, 0) is 154 Å². The molecule has 10 rings (SSSR count). The maximum atomic E-state index is 7.58. The fourth-order valence-electron chi connectivity index (χ4n) is 16.9. The maximum absolute atomic E-state index is 7.58. The maximum Gasteiger partial charge on any atom is 0.0644 e. The summed E-state index contributed by atoms with van der Waals surface area (Å²) in [5.41, 5.74) is 0. The quantitative estimate of drug-likeness (QED) is 0.299. The van der Waals surface area contributed by atoms with Gasteiger partial charge in [0.15, 0.2) is 0 Å². The highest BCUT2D eigenvalue weighted by molar-refractivity contribution is 5.09. The molecule has 0 bridgehead atoms. The summed E-state index contributed by atoms with van der Waals surface area (Å²) in [5, 5.41) is 9.13. The van der Waals surface area contributed by atoms with Crippen LogP contribution in [0.15, 0.2) is 0 Å². The Morgan fingerprint density at radius 3 is 1.51 bits per heavy atom. The zero-order chi connectivity index (χ0) is 33.7. The molecule has 10 aliphatic rings. The highest BCUT2D eigenvalue weighted by atomic mass is 16.5. The van der Waals surface area contributed by atoms with Crippen molar-refractivity contribution in [1.82, 2.24) is 10.6 Å². The molecule has 8 aliphatic carbocycles. The second kappa shape index (κ2) is 15.8. The molecule has 51 heavy (non-hydrogen) atoms. The number of fused-ring (bicyclic) bond motifs is 5. The largest absolute Gasteiger partial charge is 0.374 e. The summed E-state index contributed by atoms with van der Waals surface area (Å²) in [6, 6.07) is 1.47. The van der Waals surface area contributed by atoms with Crippen LogP contribution in [0.4, 0.5) is 0 Å². The van der Waals surface area contributed by atoms with Crippen molar-refractivity contribution < 1.29 is 4.74 Å². The lowest BCUT2D eigenvalue weighted by atomic mass is 9.56. The van der Waals surface area contributed by atoms with Crippen molar-refractivity contribution in [2.45, 2.75) is 223 Å². The zero-order valence-corrected chi connectivity index (χ0v) is 33.0. The molecular weight excluding hydrogens is 621 g/mol. The Morgan fingerprint density at radius 2 is 0.804 bits per heavy atom. The van der Waals surface area contributed by atoms with Gasteiger partial charge in [0.1, 0.15) is 0 Å². The van der Waals surface area contributed by atoms with E-state index in [1.807, 2.05) is 0 Å². The summed E-state index contributed by atoms with van der Waals surface area (Å²) in [6.07, 6.45) is 47.0. The van der Waals surface area contributed by atoms with Gasteiger partial charge in [0, 0.05) is 12.1 Å². The molecule has 3 nitrogen and oxygen atoms in total. The van der Waals surface area contributed by atoms with Crippen LogP contribution in [0.25, 0.3) is 0 Å². The van der Waals surface area contributed by atoms with E-state index < -0.39 is 0 Å². The van der Waals surface area contributed by atoms with Gasteiger partial charge in [0.05, 0.1) is 18.4 Å². The summed E-state index contributed by atoms with van der Waals surface area (Å²) < 4.78 is 7.58. The van der Waals surface area contributed by atoms with Crippen molar-refractivity contribution in [3.63, 3.8) is 0 Å². The number of hydrogen-bond donors (Lipinski definition) is 2. The van der Waals surface area contributed by atoms with Crippen LogP contribution in [0.5, 0.6) is 0 Å². The summed E-state index contributed by atoms with van der Waals surface area (Å²) in [5.74, 6) is 12.4. The van der Waals surface area contributed by atoms with Crippen LogP contribution in [-0.2, 0) is 4.74 Å². The number of rotatable bonds is 5. The Morgan fingerprint density at radius 1 is 0.314 bits per heavy atom. The lowest BCUT2D eigenvalue weighted by Gasteiger charge is -2.53. The molecule has 0 spiro atoms. The third-order valence-corrected chi connectivity index (χ3v) is 19.4. The third-order valence-electron chi connectivity index (χ3n) is 19.4. The van der Waals surface area contributed by atoms with Crippen LogP contribution in [0.1, 0.15) is 193 Å². The van der Waals surface area contributed by atoms with E-state index in [-0.39, 0.29) is 0 Å². The first kappa shape index (κ1) is 35.3. The average Bonchev–Trinajstić information content (AvgIpc) is 3.58. The van der Waals surface area contributed by atoms with E-state index in [2.05, 4.69) is 10.6 Å². The van der Waals surface area contributed by atoms with E-state index >= 15 is 0 Å². The smallest absolute Gasteiger partial charge is 0.0644 e. The number of hydrogen-bond acceptors (Lipinski definition) is 3. The molecule has 288 valence electrons. The van der Waals surface area contributed by atoms with E-state index in [1.165, 1.54) is 154 Å². The lowest BCUT2D eigenvalue weighted by molar-refractivity contribution is -0.0724. The third kappa shape index (κ3) is 7.22. The van der Waals surface area contributed by atoms with Crippen LogP contribution in [0.2, 0.25) is 0 Å². The predicted octanol–water partition coefficient (Wildman–Crippen LogP) is 11.8. The Hall–Kier alpha value is -0.120. The van der Waals surface area contributed by atoms with Gasteiger partial charge in [-0.2, -0.15) is 0 Å². The van der Waals surface area contributed by atoms with Gasteiger partial charge in [-0.1, -0.05) is 116 Å². The Labute approximate surface area is 314 Å². The first-order chi connectivity index (χ1) is 25.2. The molecule has 3 heteroatoms. The first-order valence-corrected chi connectivity index (χ1v) is 24.4. The lowest BCUT2D eigenvalue weighted by Crippen LogP contribution is -2.66. The van der Waals surface area contributed by atoms with E-state index in [9.17, 15) is 0 Å². The normalized spacial score (nSPS) is 51.5. The molecule has 0 radical (unpaired) electrons. The van der Waals surface area contributed by atoms with E-state index in [0.29, 0.717) is 24.4 Å². The summed E-state index contributed by atoms with van der Waals surface area (Å²) in [4.78, 5) is 0. The molecule has 0 aromatic heterocycles. The summed E-state index contributed by atoms with van der Waals surface area (Å²) >= 11 is 0. The van der Waals surface area contributed by atoms with Crippen molar-refractivity contribution in [3.8, 4) is 0 Å². The molecule has 14 unspecified atom stereocenters. The minimum absolute atomic E-state index is 0.562. The molecule has 0 aromatic carbocycles. The Kier molecular flexibility index (Phi) is 10.9. The van der Waals surface area contributed by atoms with Crippen LogP contribution < -0.4 is 10.6 Å². The van der Waals surface area contributed by atoms with Crippen molar-refractivity contribution in [2.24, 2.45) is 76.9 Å². The second-order valence-corrected chi connectivity index (χ2v) is 21.7. The SMILES string of the molecule is C1CCC(C2CCC(C3NC(C4CCC5CCCCC5C4)CC(C4CCC(C5CCCCC5)C5OC6CC7CCCCC7CC6C45)N3)CC2)CC1. The van der Waals surface area contributed by atoms with Crippen molar-refractivity contribution in [3.05, 3.63) is 0 Å². The van der Waals surface area contributed by atoms with Gasteiger partial charge in [-0.15, -0.1) is 0 Å². The van der Waals surface area contributed by atoms with Crippen molar-refractivity contribution >= 4 is 0 Å². The highest BCUT2D eigenvalue weighted by Gasteiger charge is 2.58. The van der Waals surface area contributed by atoms with Crippen LogP contribution >= 0.6 is 0 Å². The van der Waals surface area contributed by atoms with E-state index in [1.54, 1.807) is 38.5 Å². The van der Waals surface area contributed by atoms with Crippen LogP contribution in [-0.4, -0.2) is 30.5 Å². The van der Waals surface area contributed by atoms with E-state index in [4.69, 9.17) is 4.74 Å². The van der Waals surface area contributed by atoms with Crippen molar-refractivity contribution in [1.29, 1.82) is 0 Å². The van der Waals surface area contributed by atoms with E-state index in [0.717, 1.165) is 83.0 Å². The topological polar surface area (TPSA) is 33.3 Å². The van der Waals surface area contributed by atoms with Crippen LogP contribution in [0.3, 0.4) is 0 Å². The molecule has 2 aliphatic heterocycles. The monoisotopic (exact) mass is 701 g/mol. The second-order valence-electron chi connectivity index (χ2n) is 21.7. The standard InChI is InChI=1S/C48H80N2O/c1-3-11-31(12-4-1)33-19-22-35(23-20-33)48-49-43(39-24-21-32-13-7-8-16-36(32)27-39)30-44(50-48)41-26-25-40(34-14-5-2-6-15-34)47-46(41)42-28-37-17-9-10-18-38(37)29-45(42)51-47/h31-50H,1-30H2. The molecule has 2 N–H and O–H groups in total. The Bertz CT molecular complexity index is 1120. The van der Waals surface area contributed by atoms with Gasteiger partial charge >= 0.3 is 0 Å². The van der Waals surface area contributed by atoms with Crippen LogP contribution in [0, 0.1) is 76.9 Å². The average molecular weight is 701 g/mol. The van der Waals surface area contributed by atoms with Gasteiger partial charge < -0.3 is 4.74 Å². The predicted molar refractivity (Wildman–Crippen MR) is 210 cm³/mol. The summed E-state index contributed by atoms with van der Waals surface area (Å²) in [7, 11) is 0. The fraction of sp³-hybridized carbons (Fsp3) is 1.00. The van der Waals surface area contributed by atoms with Gasteiger partial charge in [-0.25, -0.2) is 0 Å². The minimum atomic E-state index is 0.562. The van der Waals surface area contributed by atoms with Gasteiger partial charge in [0.2, 0.25) is 0 Å². The fourth-order valence-corrected chi connectivity index (χ4v) is 16.9. The molecule has 0 amide bonds. The first-order valence-electron chi connectivity index (χ1n) is 24.4. The molecule has 8 saturated carbocycles. The molecule has 0 aromatic rings. The molecule has 14 atom stereocenters. The van der Waals surface area contributed by atoms with Gasteiger partial charge in [0.25, 0.3) is 0 Å². The highest BCUT2D eigenvalue weighted by Crippen LogP contribution is 2.59. The summed E-state index contributed by atoms with van der Waals surface area (Å²) in [6.45, 7) is 0. The van der Waals surface area contributed by atoms with Crippen molar-refractivity contribution in [2.75, 3.05) is 0 Å². The molecule has 2 heterocycles. The number of nitrogens with one attached hydrogen (secondary N) is 2. The Balaban J connectivity index is 0.907. The number of ether oxygens (including phenoxy) is 1.